The van der Waals surface area contributed by atoms with E-state index in [4.69, 9.17) is 17.0 Å². The standard InChI is InChI=1S/C15H15.2ClH.Zr/c1-15(2)8-7-14-12(10-15)9-11-5-3-4-6-13(11)14;;;/h3-9H,10H2,1-2H3;2*1H;/q;;;+2/p-2. The zero-order valence-electron chi connectivity index (χ0n) is 10.5. The number of halogens is 2. The molecule has 0 N–H and O–H groups in total. The molecule has 0 aliphatic heterocycles. The quantitative estimate of drug-likeness (QED) is 0.586. The third kappa shape index (κ3) is 3.18. The SMILES string of the molecule is CC1(C)C=CC2=C([CH]c3ccccc32)C1.[Cl][Zr][Cl]. The number of fused-ring (bicyclic) bond motifs is 2. The molecule has 0 heterocycles. The molecule has 1 aromatic carbocycles. The summed E-state index contributed by atoms with van der Waals surface area (Å²) in [4.78, 5) is 0. The normalized spacial score (nSPS) is 18.7. The summed E-state index contributed by atoms with van der Waals surface area (Å²) >= 11 is -0.826. The summed E-state index contributed by atoms with van der Waals surface area (Å²) in [6.45, 7) is 4.59. The van der Waals surface area contributed by atoms with E-state index in [1.54, 1.807) is 0 Å². The molecule has 1 radical (unpaired) electrons. The van der Waals surface area contributed by atoms with Gasteiger partial charge in [-0.2, -0.15) is 0 Å². The summed E-state index contributed by atoms with van der Waals surface area (Å²) in [5.41, 5.74) is 6.04. The van der Waals surface area contributed by atoms with Crippen molar-refractivity contribution in [2.75, 3.05) is 0 Å². The second kappa shape index (κ2) is 6.08. The Balaban J connectivity index is 0.000000367. The van der Waals surface area contributed by atoms with Gasteiger partial charge < -0.3 is 0 Å². The molecule has 0 amide bonds. The molecule has 2 aliphatic carbocycles. The van der Waals surface area contributed by atoms with Gasteiger partial charge in [-0.25, -0.2) is 0 Å². The zero-order chi connectivity index (χ0) is 13.2. The fourth-order valence-electron chi connectivity index (χ4n) is 2.51. The Morgan fingerprint density at radius 2 is 1.83 bits per heavy atom. The molecule has 0 saturated carbocycles. The van der Waals surface area contributed by atoms with Gasteiger partial charge in [0.2, 0.25) is 0 Å². The summed E-state index contributed by atoms with van der Waals surface area (Å²) in [5, 5.41) is 0. The van der Waals surface area contributed by atoms with Crippen LogP contribution in [0.3, 0.4) is 0 Å². The van der Waals surface area contributed by atoms with E-state index in [0.29, 0.717) is 5.41 Å². The van der Waals surface area contributed by atoms with E-state index in [1.807, 2.05) is 0 Å². The third-order valence-electron chi connectivity index (χ3n) is 3.27. The first kappa shape index (κ1) is 14.6. The van der Waals surface area contributed by atoms with Crippen molar-refractivity contribution in [3.05, 3.63) is 59.5 Å². The minimum atomic E-state index is -0.826. The van der Waals surface area contributed by atoms with Crippen LogP contribution in [-0.4, -0.2) is 0 Å². The predicted octanol–water partition coefficient (Wildman–Crippen LogP) is 5.37. The van der Waals surface area contributed by atoms with E-state index in [2.05, 4.69) is 56.7 Å². The van der Waals surface area contributed by atoms with E-state index in [0.717, 1.165) is 6.42 Å². The van der Waals surface area contributed by atoms with Gasteiger partial charge in [0.1, 0.15) is 0 Å². The Labute approximate surface area is 128 Å². The summed E-state index contributed by atoms with van der Waals surface area (Å²) in [5.74, 6) is 0. The van der Waals surface area contributed by atoms with Crippen molar-refractivity contribution in [3.63, 3.8) is 0 Å². The van der Waals surface area contributed by atoms with E-state index >= 15 is 0 Å². The van der Waals surface area contributed by atoms with E-state index in [9.17, 15) is 0 Å². The van der Waals surface area contributed by atoms with Crippen LogP contribution in [0.1, 0.15) is 31.4 Å². The fraction of sp³-hybridized carbons (Fsp3) is 0.267. The van der Waals surface area contributed by atoms with Crippen molar-refractivity contribution < 1.29 is 20.8 Å². The summed E-state index contributed by atoms with van der Waals surface area (Å²) in [6.07, 6.45) is 8.13. The number of hydrogen-bond donors (Lipinski definition) is 0. The average Bonchev–Trinajstić information content (AvgIpc) is 2.65. The predicted molar refractivity (Wildman–Crippen MR) is 76.0 cm³/mol. The molecule has 2 aliphatic rings. The van der Waals surface area contributed by atoms with Crippen LogP contribution < -0.4 is 0 Å². The van der Waals surface area contributed by atoms with Crippen molar-refractivity contribution in [2.24, 2.45) is 5.41 Å². The van der Waals surface area contributed by atoms with Gasteiger partial charge in [-0.15, -0.1) is 0 Å². The summed E-state index contributed by atoms with van der Waals surface area (Å²) in [6, 6.07) is 8.66. The van der Waals surface area contributed by atoms with Gasteiger partial charge in [0.25, 0.3) is 0 Å². The van der Waals surface area contributed by atoms with E-state index < -0.39 is 20.8 Å². The molecule has 0 fully saturated rings. The first-order valence-corrected chi connectivity index (χ1v) is 12.2. The molecule has 0 saturated heterocycles. The first-order valence-electron chi connectivity index (χ1n) is 5.90. The Kier molecular flexibility index (Phi) is 4.92. The van der Waals surface area contributed by atoms with Crippen LogP contribution in [-0.2, 0) is 20.8 Å². The zero-order valence-corrected chi connectivity index (χ0v) is 14.5. The Morgan fingerprint density at radius 3 is 2.56 bits per heavy atom. The molecule has 0 bridgehead atoms. The summed E-state index contributed by atoms with van der Waals surface area (Å²) < 4.78 is 0. The van der Waals surface area contributed by atoms with Gasteiger partial charge in [-0.1, -0.05) is 55.8 Å². The number of allylic oxidation sites excluding steroid dienone is 4. The van der Waals surface area contributed by atoms with Crippen molar-refractivity contribution in [2.45, 2.75) is 20.3 Å². The average molecular weight is 357 g/mol. The van der Waals surface area contributed by atoms with Crippen LogP contribution in [0.4, 0.5) is 0 Å². The van der Waals surface area contributed by atoms with Gasteiger partial charge >= 0.3 is 37.9 Å². The van der Waals surface area contributed by atoms with Crippen LogP contribution in [0.25, 0.3) is 5.57 Å². The Bertz CT molecular complexity index is 501. The second-order valence-corrected chi connectivity index (χ2v) is 8.97. The van der Waals surface area contributed by atoms with Crippen LogP contribution in [0.2, 0.25) is 0 Å². The molecule has 93 valence electrons. The van der Waals surface area contributed by atoms with Crippen molar-refractivity contribution >= 4 is 22.6 Å². The molecule has 1 aromatic rings. The molecule has 0 atom stereocenters. The molecule has 3 rings (SSSR count). The Morgan fingerprint density at radius 1 is 1.17 bits per heavy atom. The maximum absolute atomic E-state index is 4.93. The Hall–Kier alpha value is 0.163. The topological polar surface area (TPSA) is 0 Å². The van der Waals surface area contributed by atoms with Gasteiger partial charge in [-0.05, 0) is 28.5 Å². The van der Waals surface area contributed by atoms with Gasteiger partial charge in [0.15, 0.2) is 0 Å². The van der Waals surface area contributed by atoms with Crippen LogP contribution in [0.15, 0.2) is 42.0 Å². The van der Waals surface area contributed by atoms with Gasteiger partial charge in [0.05, 0.1) is 0 Å². The van der Waals surface area contributed by atoms with Crippen LogP contribution >= 0.6 is 17.0 Å². The van der Waals surface area contributed by atoms with Gasteiger partial charge in [-0.3, -0.25) is 0 Å². The van der Waals surface area contributed by atoms with Crippen molar-refractivity contribution in [1.29, 1.82) is 0 Å². The third-order valence-corrected chi connectivity index (χ3v) is 3.27. The van der Waals surface area contributed by atoms with Crippen LogP contribution in [0, 0.1) is 11.8 Å². The monoisotopic (exact) mass is 355 g/mol. The molecule has 3 heteroatoms. The van der Waals surface area contributed by atoms with Crippen molar-refractivity contribution in [3.8, 4) is 0 Å². The molecular weight excluding hydrogens is 342 g/mol. The number of benzene rings is 1. The molecule has 0 aromatic heterocycles. The van der Waals surface area contributed by atoms with Gasteiger partial charge in [0, 0.05) is 6.42 Å². The first-order chi connectivity index (χ1) is 8.57. The maximum atomic E-state index is 4.93. The molecule has 0 unspecified atom stereocenters. The van der Waals surface area contributed by atoms with E-state index in [1.165, 1.54) is 22.3 Å². The number of hydrogen-bond acceptors (Lipinski definition) is 0. The van der Waals surface area contributed by atoms with Crippen LogP contribution in [0.5, 0.6) is 0 Å². The summed E-state index contributed by atoms with van der Waals surface area (Å²) in [7, 11) is 9.87. The number of rotatable bonds is 0. The fourth-order valence-corrected chi connectivity index (χ4v) is 2.51. The molecular formula is C15H15Cl2Zr. The molecule has 0 nitrogen and oxygen atoms in total. The molecule has 18 heavy (non-hydrogen) atoms. The minimum absolute atomic E-state index is 0.317. The van der Waals surface area contributed by atoms with Crippen molar-refractivity contribution in [1.82, 2.24) is 0 Å². The second-order valence-electron chi connectivity index (χ2n) is 5.24. The molecule has 0 spiro atoms. The van der Waals surface area contributed by atoms with E-state index in [-0.39, 0.29) is 0 Å².